The Morgan fingerprint density at radius 3 is 2.25 bits per heavy atom. The van der Waals surface area contributed by atoms with Crippen molar-refractivity contribution >= 4 is 17.7 Å². The summed E-state index contributed by atoms with van der Waals surface area (Å²) in [7, 11) is 0. The lowest BCUT2D eigenvalue weighted by Gasteiger charge is -2.18. The van der Waals surface area contributed by atoms with E-state index in [-0.39, 0.29) is 11.8 Å². The van der Waals surface area contributed by atoms with Crippen LogP contribution in [0.15, 0.2) is 65.8 Å². The molecule has 3 aromatic rings. The predicted octanol–water partition coefficient (Wildman–Crippen LogP) is 5.39. The van der Waals surface area contributed by atoms with E-state index in [1.165, 1.54) is 36.8 Å². The second-order valence-electron chi connectivity index (χ2n) is 8.44. The molecule has 5 nitrogen and oxygen atoms in total. The number of benzene rings is 2. The third-order valence-electron chi connectivity index (χ3n) is 6.30. The van der Waals surface area contributed by atoms with Gasteiger partial charge >= 0.3 is 0 Å². The van der Waals surface area contributed by atoms with E-state index in [4.69, 9.17) is 0 Å². The molecule has 168 valence electrons. The summed E-state index contributed by atoms with van der Waals surface area (Å²) in [6.07, 6.45) is 9.23. The van der Waals surface area contributed by atoms with Crippen LogP contribution in [-0.4, -0.2) is 33.5 Å². The highest BCUT2D eigenvalue weighted by atomic mass is 32.2. The second-order valence-corrected chi connectivity index (χ2v) is 9.22. The van der Waals surface area contributed by atoms with Gasteiger partial charge in [-0.05, 0) is 36.6 Å². The molecule has 0 spiro atoms. The summed E-state index contributed by atoms with van der Waals surface area (Å²) in [5.74, 6) is 1.21. The van der Waals surface area contributed by atoms with E-state index in [0.29, 0.717) is 19.0 Å². The van der Waals surface area contributed by atoms with Gasteiger partial charge in [-0.1, -0.05) is 85.3 Å². The number of aromatic nitrogens is 3. The summed E-state index contributed by atoms with van der Waals surface area (Å²) in [5.41, 5.74) is 2.34. The van der Waals surface area contributed by atoms with Crippen molar-refractivity contribution in [3.8, 4) is 0 Å². The molecule has 6 heteroatoms. The topological polar surface area (TPSA) is 59.8 Å². The van der Waals surface area contributed by atoms with Gasteiger partial charge in [0.2, 0.25) is 5.91 Å². The molecule has 1 fully saturated rings. The first-order valence-corrected chi connectivity index (χ1v) is 12.8. The van der Waals surface area contributed by atoms with Crippen molar-refractivity contribution in [1.29, 1.82) is 0 Å². The van der Waals surface area contributed by atoms with Gasteiger partial charge in [0.05, 0.1) is 0 Å². The first-order chi connectivity index (χ1) is 15.8. The molecule has 0 saturated heterocycles. The van der Waals surface area contributed by atoms with Gasteiger partial charge < -0.3 is 9.88 Å². The van der Waals surface area contributed by atoms with Gasteiger partial charge in [-0.25, -0.2) is 0 Å². The third-order valence-corrected chi connectivity index (χ3v) is 6.94. The summed E-state index contributed by atoms with van der Waals surface area (Å²) >= 11 is 1.67. The molecule has 1 aromatic heterocycles. The second kappa shape index (κ2) is 11.3. The molecule has 1 N–H and O–H groups in total. The molecule has 0 aliphatic heterocycles. The number of aryl methyl sites for hydroxylation is 1. The smallest absolute Gasteiger partial charge is 0.220 e. The van der Waals surface area contributed by atoms with Gasteiger partial charge in [-0.3, -0.25) is 4.79 Å². The van der Waals surface area contributed by atoms with Crippen LogP contribution in [0, 0.1) is 0 Å². The molecule has 4 rings (SSSR count). The number of nitrogens with one attached hydrogen (secondary N) is 1. The van der Waals surface area contributed by atoms with Crippen molar-refractivity contribution in [2.24, 2.45) is 0 Å². The quantitative estimate of drug-likeness (QED) is 0.334. The van der Waals surface area contributed by atoms with Crippen molar-refractivity contribution in [2.75, 3.05) is 12.8 Å². The van der Waals surface area contributed by atoms with E-state index < -0.39 is 0 Å². The normalized spacial score (nSPS) is 14.2. The first-order valence-electron chi connectivity index (χ1n) is 11.6. The molecule has 1 aliphatic rings. The Hall–Kier alpha value is -2.60. The van der Waals surface area contributed by atoms with Gasteiger partial charge in [-0.2, -0.15) is 0 Å². The van der Waals surface area contributed by atoms with Gasteiger partial charge in [0.15, 0.2) is 5.16 Å². The zero-order valence-corrected chi connectivity index (χ0v) is 19.6. The van der Waals surface area contributed by atoms with Crippen molar-refractivity contribution in [2.45, 2.75) is 62.1 Å². The van der Waals surface area contributed by atoms with E-state index in [9.17, 15) is 4.79 Å². The fourth-order valence-corrected chi connectivity index (χ4v) is 5.25. The molecule has 1 heterocycles. The lowest BCUT2D eigenvalue weighted by Crippen LogP contribution is -2.27. The average Bonchev–Trinajstić information content (AvgIpc) is 3.51. The maximum atomic E-state index is 12.8. The molecule has 1 saturated carbocycles. The van der Waals surface area contributed by atoms with Gasteiger partial charge in [0.1, 0.15) is 5.82 Å². The Kier molecular flexibility index (Phi) is 7.99. The minimum Gasteiger partial charge on any atom is -0.356 e. The van der Waals surface area contributed by atoms with E-state index in [1.54, 1.807) is 11.8 Å². The van der Waals surface area contributed by atoms with E-state index in [0.717, 1.165) is 23.8 Å². The third kappa shape index (κ3) is 5.60. The van der Waals surface area contributed by atoms with Gasteiger partial charge in [-0.15, -0.1) is 10.2 Å². The van der Waals surface area contributed by atoms with Crippen LogP contribution in [0.3, 0.4) is 0 Å². The molecule has 0 atom stereocenters. The minimum atomic E-state index is 0.0620. The number of carbonyl (C=O) groups is 1. The zero-order chi connectivity index (χ0) is 22.2. The molecular weight excluding hydrogens is 416 g/mol. The number of hydrogen-bond acceptors (Lipinski definition) is 4. The van der Waals surface area contributed by atoms with Crippen molar-refractivity contribution in [1.82, 2.24) is 20.1 Å². The largest absolute Gasteiger partial charge is 0.356 e. The average molecular weight is 449 g/mol. The maximum absolute atomic E-state index is 12.8. The predicted molar refractivity (Wildman–Crippen MR) is 130 cm³/mol. The van der Waals surface area contributed by atoms with Crippen LogP contribution in [0.25, 0.3) is 0 Å². The summed E-state index contributed by atoms with van der Waals surface area (Å²) in [6.45, 7) is 0.654. The highest BCUT2D eigenvalue weighted by Crippen LogP contribution is 2.33. The monoisotopic (exact) mass is 448 g/mol. The lowest BCUT2D eigenvalue weighted by molar-refractivity contribution is -0.121. The fourth-order valence-electron chi connectivity index (χ4n) is 4.68. The Morgan fingerprint density at radius 1 is 1.03 bits per heavy atom. The number of nitrogens with zero attached hydrogens (tertiary/aromatic N) is 3. The molecule has 32 heavy (non-hydrogen) atoms. The number of rotatable bonds is 10. The Balaban J connectivity index is 1.33. The standard InChI is InChI=1S/C26H32N4OS/c1-32-26-29-28-24(30(26)22-15-8-9-16-22)17-10-18-27-25(31)19-23(20-11-4-2-5-12-20)21-13-6-3-7-14-21/h2-7,11-14,22-23H,8-10,15-19H2,1H3,(H,27,31). The van der Waals surface area contributed by atoms with Crippen LogP contribution in [0.2, 0.25) is 0 Å². The SMILES string of the molecule is CSc1nnc(CCCNC(=O)CC(c2ccccc2)c2ccccc2)n1C1CCCC1. The lowest BCUT2D eigenvalue weighted by atomic mass is 9.88. The van der Waals surface area contributed by atoms with Crippen molar-refractivity contribution in [3.05, 3.63) is 77.6 Å². The molecule has 0 radical (unpaired) electrons. The molecule has 1 amide bonds. The van der Waals surface area contributed by atoms with Crippen LogP contribution >= 0.6 is 11.8 Å². The molecule has 2 aromatic carbocycles. The van der Waals surface area contributed by atoms with E-state index in [2.05, 4.69) is 50.6 Å². The Labute approximate surface area is 195 Å². The number of carbonyl (C=O) groups excluding carboxylic acids is 1. The number of amides is 1. The highest BCUT2D eigenvalue weighted by Gasteiger charge is 2.23. The molecule has 0 unspecified atom stereocenters. The summed E-state index contributed by atoms with van der Waals surface area (Å²) in [4.78, 5) is 12.8. The summed E-state index contributed by atoms with van der Waals surface area (Å²) in [5, 5.41) is 13.0. The molecular formula is C26H32N4OS. The first kappa shape index (κ1) is 22.6. The maximum Gasteiger partial charge on any atom is 0.220 e. The van der Waals surface area contributed by atoms with Crippen molar-refractivity contribution in [3.63, 3.8) is 0 Å². The fraction of sp³-hybridized carbons (Fsp3) is 0.423. The number of thioether (sulfide) groups is 1. The minimum absolute atomic E-state index is 0.0620. The van der Waals surface area contributed by atoms with Crippen LogP contribution in [0.1, 0.15) is 67.4 Å². The highest BCUT2D eigenvalue weighted by molar-refractivity contribution is 7.98. The summed E-state index contributed by atoms with van der Waals surface area (Å²) in [6, 6.07) is 21.1. The van der Waals surface area contributed by atoms with Crippen LogP contribution in [0.4, 0.5) is 0 Å². The van der Waals surface area contributed by atoms with Crippen molar-refractivity contribution < 1.29 is 4.79 Å². The zero-order valence-electron chi connectivity index (χ0n) is 18.7. The summed E-state index contributed by atoms with van der Waals surface area (Å²) < 4.78 is 2.35. The van der Waals surface area contributed by atoms with E-state index in [1.807, 2.05) is 36.4 Å². The van der Waals surface area contributed by atoms with Gasteiger partial charge in [0, 0.05) is 31.3 Å². The Morgan fingerprint density at radius 2 is 1.66 bits per heavy atom. The molecule has 0 bridgehead atoms. The van der Waals surface area contributed by atoms with Crippen LogP contribution in [0.5, 0.6) is 0 Å². The Bertz CT molecular complexity index is 944. The van der Waals surface area contributed by atoms with Crippen LogP contribution < -0.4 is 5.32 Å². The number of hydrogen-bond donors (Lipinski definition) is 1. The van der Waals surface area contributed by atoms with Gasteiger partial charge in [0.25, 0.3) is 0 Å². The van der Waals surface area contributed by atoms with E-state index >= 15 is 0 Å². The molecule has 1 aliphatic carbocycles. The van der Waals surface area contributed by atoms with Crippen LogP contribution in [-0.2, 0) is 11.2 Å².